The number of anilines is 1. The number of hydrogen-bond donors (Lipinski definition) is 0. The van der Waals surface area contributed by atoms with Gasteiger partial charge >= 0.3 is 6.09 Å². The third kappa shape index (κ3) is 6.02. The molecule has 1 aromatic carbocycles. The molecule has 2 saturated heterocycles. The summed E-state index contributed by atoms with van der Waals surface area (Å²) in [5, 5.41) is 8.98. The molecule has 11 heteroatoms. The number of piperidine rings is 1. The SMILES string of the molecule is COCOc1cc(-c2ccn(C)c(=O)c2)c(F)cc1-c1ccc(N(C)[C@H]2C[C@]3(C)CC[C@](C)(C2)N3C(=O)OC(C)(C)C)nn1. The molecular formula is C33H42FN5O5. The van der Waals surface area contributed by atoms with Crippen LogP contribution in [0, 0.1) is 5.82 Å². The molecule has 1 amide bonds. The standard InChI is InChI=1S/C33H42FN5O5/c1-31(2,3)44-30(41)39-32(4)12-13-33(39,5)19-22(18-32)38(7)28-10-9-26(35-36-28)24-16-25(34)23(17-27(24)43-20-42-8)21-11-14-37(6)29(40)15-21/h9-11,14-17,22H,12-13,18-20H2,1-8H3/t22-,32-,33+. The fourth-order valence-electron chi connectivity index (χ4n) is 6.69. The summed E-state index contributed by atoms with van der Waals surface area (Å²) in [6, 6.07) is 9.73. The maximum absolute atomic E-state index is 15.4. The number of nitrogens with zero attached hydrogens (tertiary/aromatic N) is 5. The Labute approximate surface area is 257 Å². The Morgan fingerprint density at radius 2 is 1.75 bits per heavy atom. The zero-order valence-corrected chi connectivity index (χ0v) is 26.8. The van der Waals surface area contributed by atoms with Crippen molar-refractivity contribution in [2.75, 3.05) is 25.9 Å². The van der Waals surface area contributed by atoms with Gasteiger partial charge in [0, 0.05) is 61.7 Å². The van der Waals surface area contributed by atoms with Crippen LogP contribution in [0.3, 0.4) is 0 Å². The van der Waals surface area contributed by atoms with Crippen LogP contribution in [0.25, 0.3) is 22.4 Å². The molecule has 3 aromatic rings. The van der Waals surface area contributed by atoms with E-state index in [4.69, 9.17) is 14.2 Å². The summed E-state index contributed by atoms with van der Waals surface area (Å²) < 4.78 is 33.6. The maximum atomic E-state index is 15.4. The Morgan fingerprint density at radius 1 is 1.07 bits per heavy atom. The van der Waals surface area contributed by atoms with Crippen molar-refractivity contribution in [1.82, 2.24) is 19.7 Å². The zero-order valence-electron chi connectivity index (χ0n) is 26.8. The number of ether oxygens (including phenoxy) is 3. The molecule has 0 radical (unpaired) electrons. The first-order valence-electron chi connectivity index (χ1n) is 14.9. The number of rotatable bonds is 7. The van der Waals surface area contributed by atoms with Gasteiger partial charge < -0.3 is 23.7 Å². The number of halogens is 1. The molecule has 44 heavy (non-hydrogen) atoms. The molecule has 2 aliphatic rings. The molecule has 2 aliphatic heterocycles. The number of aromatic nitrogens is 3. The van der Waals surface area contributed by atoms with Crippen LogP contribution in [0.15, 0.2) is 47.4 Å². The average Bonchev–Trinajstić information content (AvgIpc) is 3.13. The molecule has 0 aliphatic carbocycles. The van der Waals surface area contributed by atoms with Crippen LogP contribution in [-0.2, 0) is 16.5 Å². The van der Waals surface area contributed by atoms with Crippen LogP contribution in [0.4, 0.5) is 15.0 Å². The first-order chi connectivity index (χ1) is 20.6. The number of amides is 1. The monoisotopic (exact) mass is 607 g/mol. The minimum absolute atomic E-state index is 0.0532. The number of pyridine rings is 1. The van der Waals surface area contributed by atoms with E-state index < -0.39 is 11.4 Å². The van der Waals surface area contributed by atoms with Crippen molar-refractivity contribution in [3.05, 3.63) is 58.8 Å². The molecule has 2 bridgehead atoms. The predicted octanol–water partition coefficient (Wildman–Crippen LogP) is 5.78. The van der Waals surface area contributed by atoms with E-state index in [2.05, 4.69) is 28.9 Å². The van der Waals surface area contributed by atoms with Gasteiger partial charge in [0.2, 0.25) is 0 Å². The molecule has 0 N–H and O–H groups in total. The van der Waals surface area contributed by atoms with Crippen LogP contribution in [0.5, 0.6) is 5.75 Å². The highest BCUT2D eigenvalue weighted by Gasteiger charge is 2.59. The van der Waals surface area contributed by atoms with Crippen LogP contribution < -0.4 is 15.2 Å². The summed E-state index contributed by atoms with van der Waals surface area (Å²) in [7, 11) is 5.13. The average molecular weight is 608 g/mol. The lowest BCUT2D eigenvalue weighted by molar-refractivity contribution is -0.0357. The first kappa shape index (κ1) is 31.4. The van der Waals surface area contributed by atoms with Gasteiger partial charge in [-0.15, -0.1) is 10.2 Å². The van der Waals surface area contributed by atoms with E-state index in [9.17, 15) is 9.59 Å². The molecule has 2 fully saturated rings. The van der Waals surface area contributed by atoms with Gasteiger partial charge in [0.1, 0.15) is 17.2 Å². The van der Waals surface area contributed by atoms with Crippen LogP contribution in [0.1, 0.15) is 60.3 Å². The normalized spacial score (nSPS) is 23.0. The molecule has 2 aromatic heterocycles. The molecule has 3 atom stereocenters. The molecule has 0 unspecified atom stereocenters. The van der Waals surface area contributed by atoms with Gasteiger partial charge in [-0.25, -0.2) is 9.18 Å². The molecule has 236 valence electrons. The second-order valence-corrected chi connectivity index (χ2v) is 13.5. The Morgan fingerprint density at radius 3 is 2.32 bits per heavy atom. The van der Waals surface area contributed by atoms with Crippen LogP contribution in [-0.4, -0.2) is 69.4 Å². The van der Waals surface area contributed by atoms with E-state index in [0.717, 1.165) is 25.7 Å². The van der Waals surface area contributed by atoms with Gasteiger partial charge in [-0.05, 0) is 96.2 Å². The lowest BCUT2D eigenvalue weighted by Gasteiger charge is -2.52. The molecule has 0 saturated carbocycles. The predicted molar refractivity (Wildman–Crippen MR) is 166 cm³/mol. The number of carbonyl (C=O) groups is 1. The van der Waals surface area contributed by atoms with Crippen molar-refractivity contribution in [2.45, 2.75) is 83.0 Å². The highest BCUT2D eigenvalue weighted by atomic mass is 19.1. The Hall–Kier alpha value is -3.99. The number of benzene rings is 1. The Bertz CT molecular complexity index is 1580. The van der Waals surface area contributed by atoms with E-state index in [0.29, 0.717) is 28.4 Å². The Kier molecular flexibility index (Phi) is 8.22. The van der Waals surface area contributed by atoms with Gasteiger partial charge in [-0.3, -0.25) is 9.69 Å². The number of aryl methyl sites for hydroxylation is 1. The molecule has 5 rings (SSSR count). The van der Waals surface area contributed by atoms with E-state index in [1.807, 2.05) is 38.8 Å². The van der Waals surface area contributed by atoms with Crippen LogP contribution in [0.2, 0.25) is 0 Å². The van der Waals surface area contributed by atoms with E-state index in [1.165, 1.54) is 23.8 Å². The van der Waals surface area contributed by atoms with Crippen molar-refractivity contribution in [3.63, 3.8) is 0 Å². The van der Waals surface area contributed by atoms with E-state index in [-0.39, 0.29) is 41.1 Å². The highest BCUT2D eigenvalue weighted by Crippen LogP contribution is 2.52. The van der Waals surface area contributed by atoms with Gasteiger partial charge in [0.15, 0.2) is 12.6 Å². The summed E-state index contributed by atoms with van der Waals surface area (Å²) >= 11 is 0. The van der Waals surface area contributed by atoms with Gasteiger partial charge in [0.05, 0.1) is 5.69 Å². The van der Waals surface area contributed by atoms with Crippen molar-refractivity contribution in [1.29, 1.82) is 0 Å². The van der Waals surface area contributed by atoms with Crippen molar-refractivity contribution >= 4 is 11.9 Å². The number of hydrogen-bond acceptors (Lipinski definition) is 8. The second-order valence-electron chi connectivity index (χ2n) is 13.5. The summed E-state index contributed by atoms with van der Waals surface area (Å²) in [5.74, 6) is 0.508. The van der Waals surface area contributed by atoms with Gasteiger partial charge in [-0.2, -0.15) is 0 Å². The summed E-state index contributed by atoms with van der Waals surface area (Å²) in [4.78, 5) is 29.5. The van der Waals surface area contributed by atoms with Crippen LogP contribution >= 0.6 is 0 Å². The van der Waals surface area contributed by atoms with Gasteiger partial charge in [0.25, 0.3) is 5.56 Å². The largest absolute Gasteiger partial charge is 0.467 e. The third-order valence-corrected chi connectivity index (χ3v) is 8.86. The van der Waals surface area contributed by atoms with E-state index >= 15 is 4.39 Å². The molecule has 4 heterocycles. The van der Waals surface area contributed by atoms with Gasteiger partial charge in [-0.1, -0.05) is 0 Å². The summed E-state index contributed by atoms with van der Waals surface area (Å²) in [5.41, 5.74) is 0.0374. The lowest BCUT2D eigenvalue weighted by Crippen LogP contribution is -2.63. The van der Waals surface area contributed by atoms with E-state index in [1.54, 1.807) is 31.4 Å². The summed E-state index contributed by atoms with van der Waals surface area (Å²) in [6.45, 7) is 9.91. The zero-order chi connectivity index (χ0) is 32.0. The lowest BCUT2D eigenvalue weighted by atomic mass is 9.82. The molecular weight excluding hydrogens is 565 g/mol. The number of carbonyl (C=O) groups excluding carboxylic acids is 1. The fourth-order valence-corrected chi connectivity index (χ4v) is 6.69. The fraction of sp³-hybridized carbons (Fsp3) is 0.515. The quantitative estimate of drug-likeness (QED) is 0.312. The number of fused-ring (bicyclic) bond motifs is 2. The van der Waals surface area contributed by atoms with Crippen molar-refractivity contribution < 1.29 is 23.4 Å². The minimum atomic E-state index is -0.563. The Balaban J connectivity index is 1.40. The molecule has 10 nitrogen and oxygen atoms in total. The third-order valence-electron chi connectivity index (χ3n) is 8.86. The van der Waals surface area contributed by atoms with Crippen molar-refractivity contribution in [2.24, 2.45) is 7.05 Å². The summed E-state index contributed by atoms with van der Waals surface area (Å²) in [6.07, 6.45) is 4.68. The van der Waals surface area contributed by atoms with Crippen molar-refractivity contribution in [3.8, 4) is 28.1 Å². The molecule has 0 spiro atoms. The first-order valence-corrected chi connectivity index (χ1v) is 14.9. The highest BCUT2D eigenvalue weighted by molar-refractivity contribution is 5.75. The topological polar surface area (TPSA) is 99.0 Å². The number of methoxy groups -OCH3 is 1. The maximum Gasteiger partial charge on any atom is 0.411 e. The second kappa shape index (κ2) is 11.5. The smallest absolute Gasteiger partial charge is 0.411 e. The minimum Gasteiger partial charge on any atom is -0.467 e.